The average molecular weight is 719 g/mol. The summed E-state index contributed by atoms with van der Waals surface area (Å²) in [6, 6.07) is 0. The van der Waals surface area contributed by atoms with Crippen molar-refractivity contribution in [1.82, 2.24) is 0 Å². The van der Waals surface area contributed by atoms with E-state index in [2.05, 4.69) is 23.6 Å². The van der Waals surface area contributed by atoms with Gasteiger partial charge in [0, 0.05) is 19.3 Å². The van der Waals surface area contributed by atoms with Gasteiger partial charge in [0.05, 0.1) is 19.8 Å². The Morgan fingerprint density at radius 3 is 1.78 bits per heavy atom. The molecule has 3 N–H and O–H groups in total. The van der Waals surface area contributed by atoms with Crippen LogP contribution in [-0.2, 0) is 42.3 Å². The van der Waals surface area contributed by atoms with Crippen LogP contribution in [0.3, 0.4) is 0 Å². The standard InChI is InChI=1S/C36H63O12P/c1-2-3-4-5-6-7-8-9-10-11-12-13-14-17-20-25-35(41)45-30-34(31-47-49(43,44)46-29-33(40)28-38)48-36(42)26-21-18-15-16-19-23-32(39)24-22-27-37/h9-10,22,24,27,33-34,38,40H,2-8,11-21,23,25-26,28-31H2,1H3,(H,43,44)/b10-9-,24-22+/t33-,34+/m0/s1. The van der Waals surface area contributed by atoms with Crippen LogP contribution < -0.4 is 0 Å². The highest BCUT2D eigenvalue weighted by Gasteiger charge is 2.27. The van der Waals surface area contributed by atoms with Gasteiger partial charge >= 0.3 is 19.8 Å². The highest BCUT2D eigenvalue weighted by molar-refractivity contribution is 7.47. The van der Waals surface area contributed by atoms with Crippen molar-refractivity contribution < 1.29 is 57.4 Å². The lowest BCUT2D eigenvalue weighted by Gasteiger charge is -2.20. The SMILES string of the molecule is CCCCCCCC/C=C\CCCCCCCC(=O)OC[C@H](COP(=O)(O)OC[C@@H](O)CO)OC(=O)CCCCCCCC(=O)/C=C/C=O. The Morgan fingerprint density at radius 2 is 1.20 bits per heavy atom. The van der Waals surface area contributed by atoms with Gasteiger partial charge in [-0.3, -0.25) is 28.2 Å². The monoisotopic (exact) mass is 718 g/mol. The fourth-order valence-corrected chi connectivity index (χ4v) is 5.53. The summed E-state index contributed by atoms with van der Waals surface area (Å²) in [5.74, 6) is -1.19. The highest BCUT2D eigenvalue weighted by Crippen LogP contribution is 2.43. The Morgan fingerprint density at radius 1 is 0.694 bits per heavy atom. The van der Waals surface area contributed by atoms with E-state index in [1.807, 2.05) is 0 Å². The Hall–Kier alpha value is -2.21. The zero-order chi connectivity index (χ0) is 36.4. The maximum Gasteiger partial charge on any atom is 0.472 e. The van der Waals surface area contributed by atoms with Gasteiger partial charge in [-0.1, -0.05) is 89.7 Å². The second-order valence-electron chi connectivity index (χ2n) is 12.3. The van der Waals surface area contributed by atoms with Gasteiger partial charge in [0.15, 0.2) is 11.9 Å². The second-order valence-corrected chi connectivity index (χ2v) is 13.7. The zero-order valence-electron chi connectivity index (χ0n) is 29.7. The number of allylic oxidation sites excluding steroid dienone is 4. The number of carbonyl (C=O) groups excluding carboxylic acids is 4. The van der Waals surface area contributed by atoms with Crippen molar-refractivity contribution in [2.75, 3.05) is 26.4 Å². The van der Waals surface area contributed by atoms with E-state index in [1.54, 1.807) is 0 Å². The third kappa shape index (κ3) is 32.7. The second kappa shape index (κ2) is 33.0. The summed E-state index contributed by atoms with van der Waals surface area (Å²) in [5.41, 5.74) is 0. The van der Waals surface area contributed by atoms with Gasteiger partial charge in [-0.15, -0.1) is 0 Å². The number of hydrogen-bond donors (Lipinski definition) is 3. The number of ketones is 1. The predicted octanol–water partition coefficient (Wildman–Crippen LogP) is 7.02. The smallest absolute Gasteiger partial charge is 0.462 e. The minimum absolute atomic E-state index is 0.0658. The maximum atomic E-state index is 12.5. The van der Waals surface area contributed by atoms with E-state index in [4.69, 9.17) is 19.1 Å². The topological polar surface area (TPSA) is 183 Å². The fourth-order valence-electron chi connectivity index (χ4n) is 4.74. The lowest BCUT2D eigenvalue weighted by Crippen LogP contribution is -2.29. The molecule has 284 valence electrons. The first-order chi connectivity index (χ1) is 23.6. The summed E-state index contributed by atoms with van der Waals surface area (Å²) < 4.78 is 32.3. The summed E-state index contributed by atoms with van der Waals surface area (Å²) in [7, 11) is -4.65. The molecule has 13 heteroatoms. The van der Waals surface area contributed by atoms with E-state index in [1.165, 1.54) is 50.7 Å². The quantitative estimate of drug-likeness (QED) is 0.0152. The molecule has 0 amide bonds. The molecule has 12 nitrogen and oxygen atoms in total. The fraction of sp³-hybridized carbons (Fsp3) is 0.778. The van der Waals surface area contributed by atoms with Crippen molar-refractivity contribution in [3.63, 3.8) is 0 Å². The van der Waals surface area contributed by atoms with E-state index in [9.17, 15) is 33.7 Å². The molecule has 0 rings (SSSR count). The van der Waals surface area contributed by atoms with Crippen LogP contribution in [0.4, 0.5) is 0 Å². The molecule has 1 unspecified atom stereocenters. The number of unbranched alkanes of at least 4 members (excludes halogenated alkanes) is 15. The molecule has 0 spiro atoms. The first-order valence-electron chi connectivity index (χ1n) is 18.2. The number of aliphatic hydroxyl groups is 2. The lowest BCUT2D eigenvalue weighted by atomic mass is 10.1. The van der Waals surface area contributed by atoms with E-state index in [0.717, 1.165) is 51.4 Å². The number of rotatable bonds is 35. The lowest BCUT2D eigenvalue weighted by molar-refractivity contribution is -0.161. The van der Waals surface area contributed by atoms with Gasteiger partial charge < -0.3 is 24.6 Å². The van der Waals surface area contributed by atoms with Crippen LogP contribution in [-0.4, -0.2) is 77.7 Å². The largest absolute Gasteiger partial charge is 0.472 e. The van der Waals surface area contributed by atoms with E-state index >= 15 is 0 Å². The normalized spacial score (nSPS) is 14.1. The molecule has 0 saturated heterocycles. The molecule has 0 fully saturated rings. The number of aldehydes is 1. The van der Waals surface area contributed by atoms with Crippen LogP contribution in [0, 0.1) is 0 Å². The van der Waals surface area contributed by atoms with E-state index < -0.39 is 51.8 Å². The summed E-state index contributed by atoms with van der Waals surface area (Å²) in [6.45, 7) is -0.0656. The van der Waals surface area contributed by atoms with E-state index in [0.29, 0.717) is 38.4 Å². The van der Waals surface area contributed by atoms with Crippen LogP contribution in [0.1, 0.15) is 142 Å². The van der Waals surface area contributed by atoms with Crippen molar-refractivity contribution in [1.29, 1.82) is 0 Å². The molecular weight excluding hydrogens is 655 g/mol. The van der Waals surface area contributed by atoms with Gasteiger partial charge in [-0.2, -0.15) is 0 Å². The molecule has 0 aromatic heterocycles. The van der Waals surface area contributed by atoms with Gasteiger partial charge in [0.25, 0.3) is 0 Å². The maximum absolute atomic E-state index is 12.5. The molecule has 3 atom stereocenters. The third-order valence-corrected chi connectivity index (χ3v) is 8.55. The molecule has 0 heterocycles. The van der Waals surface area contributed by atoms with Crippen molar-refractivity contribution >= 4 is 31.8 Å². The Kier molecular flexibility index (Phi) is 31.5. The van der Waals surface area contributed by atoms with Crippen LogP contribution in [0.15, 0.2) is 24.3 Å². The summed E-state index contributed by atoms with van der Waals surface area (Å²) in [4.78, 5) is 56.5. The first kappa shape index (κ1) is 46.8. The van der Waals surface area contributed by atoms with Crippen LogP contribution >= 0.6 is 7.82 Å². The molecule has 0 bridgehead atoms. The van der Waals surface area contributed by atoms with Crippen LogP contribution in [0.5, 0.6) is 0 Å². The zero-order valence-corrected chi connectivity index (χ0v) is 30.6. The molecule has 0 saturated carbocycles. The molecule has 0 radical (unpaired) electrons. The summed E-state index contributed by atoms with van der Waals surface area (Å²) in [6.07, 6.45) is 23.9. The molecule has 0 aliphatic rings. The van der Waals surface area contributed by atoms with Gasteiger partial charge in [-0.05, 0) is 57.1 Å². The number of esters is 2. The van der Waals surface area contributed by atoms with Crippen LogP contribution in [0.25, 0.3) is 0 Å². The number of hydrogen-bond acceptors (Lipinski definition) is 11. The number of phosphoric ester groups is 1. The Balaban J connectivity index is 4.41. The summed E-state index contributed by atoms with van der Waals surface area (Å²) in [5, 5.41) is 18.2. The van der Waals surface area contributed by atoms with Crippen molar-refractivity contribution in [3.05, 3.63) is 24.3 Å². The van der Waals surface area contributed by atoms with Crippen molar-refractivity contribution in [2.24, 2.45) is 0 Å². The average Bonchev–Trinajstić information content (AvgIpc) is 3.08. The van der Waals surface area contributed by atoms with Crippen LogP contribution in [0.2, 0.25) is 0 Å². The summed E-state index contributed by atoms with van der Waals surface area (Å²) >= 11 is 0. The minimum Gasteiger partial charge on any atom is -0.462 e. The van der Waals surface area contributed by atoms with Gasteiger partial charge in [0.1, 0.15) is 19.0 Å². The minimum atomic E-state index is -4.65. The Bertz CT molecular complexity index is 968. The van der Waals surface area contributed by atoms with Gasteiger partial charge in [-0.25, -0.2) is 4.57 Å². The highest BCUT2D eigenvalue weighted by atomic mass is 31.2. The Labute approximate surface area is 293 Å². The first-order valence-corrected chi connectivity index (χ1v) is 19.7. The molecule has 49 heavy (non-hydrogen) atoms. The third-order valence-electron chi connectivity index (χ3n) is 7.60. The molecule has 0 aromatic carbocycles. The van der Waals surface area contributed by atoms with E-state index in [-0.39, 0.29) is 25.2 Å². The molecular formula is C36H63O12P. The number of phosphoric acid groups is 1. The van der Waals surface area contributed by atoms with Crippen molar-refractivity contribution in [2.45, 2.75) is 154 Å². The molecule has 0 aromatic rings. The number of carbonyl (C=O) groups is 4. The van der Waals surface area contributed by atoms with Gasteiger partial charge in [0.2, 0.25) is 0 Å². The van der Waals surface area contributed by atoms with Crippen molar-refractivity contribution in [3.8, 4) is 0 Å². The number of ether oxygens (including phenoxy) is 2. The molecule has 0 aliphatic carbocycles. The number of aliphatic hydroxyl groups excluding tert-OH is 2. The predicted molar refractivity (Wildman–Crippen MR) is 188 cm³/mol. The molecule has 0 aliphatic heterocycles.